The fourth-order valence-electron chi connectivity index (χ4n) is 4.19. The molecule has 0 spiro atoms. The van der Waals surface area contributed by atoms with Gasteiger partial charge in [-0.25, -0.2) is 0 Å². The van der Waals surface area contributed by atoms with Gasteiger partial charge >= 0.3 is 0 Å². The van der Waals surface area contributed by atoms with Crippen molar-refractivity contribution in [1.82, 2.24) is 0 Å². The lowest BCUT2D eigenvalue weighted by atomic mass is 9.73. The lowest BCUT2D eigenvalue weighted by Crippen LogP contribution is -2.17. The molecule has 30 heavy (non-hydrogen) atoms. The second kappa shape index (κ2) is 10.3. The molecule has 3 aromatic carbocycles. The number of phenolic OH excluding ortho intramolecular Hbond substituents is 1. The van der Waals surface area contributed by atoms with Gasteiger partial charge in [0.2, 0.25) is 0 Å². The van der Waals surface area contributed by atoms with Gasteiger partial charge in [-0.05, 0) is 72.6 Å². The average molecular weight is 405 g/mol. The Labute approximate surface area is 180 Å². The average Bonchev–Trinajstić information content (AvgIpc) is 2.76. The summed E-state index contributed by atoms with van der Waals surface area (Å²) in [6.45, 7) is 9.05. The van der Waals surface area contributed by atoms with Crippen molar-refractivity contribution in [1.29, 1.82) is 0 Å². The highest BCUT2D eigenvalue weighted by Crippen LogP contribution is 2.43. The highest BCUT2D eigenvalue weighted by atomic mass is 16.7. The summed E-state index contributed by atoms with van der Waals surface area (Å²) in [5.41, 5.74) is 3.80. The summed E-state index contributed by atoms with van der Waals surface area (Å²) in [5, 5.41) is 9.70. The zero-order valence-electron chi connectivity index (χ0n) is 18.3. The highest BCUT2D eigenvalue weighted by molar-refractivity contribution is 5.37. The van der Waals surface area contributed by atoms with Crippen molar-refractivity contribution in [2.75, 3.05) is 6.61 Å². The molecular weight excluding hydrogens is 372 g/mol. The van der Waals surface area contributed by atoms with Crippen LogP contribution in [0, 0.1) is 0 Å². The lowest BCUT2D eigenvalue weighted by Gasteiger charge is -2.31. The maximum atomic E-state index is 9.70. The Morgan fingerprint density at radius 2 is 1.23 bits per heavy atom. The van der Waals surface area contributed by atoms with Crippen molar-refractivity contribution in [2.45, 2.75) is 51.7 Å². The van der Waals surface area contributed by atoms with Gasteiger partial charge in [-0.2, -0.15) is 0 Å². The number of aromatic hydroxyl groups is 1. The molecule has 4 unspecified atom stereocenters. The Bertz CT molecular complexity index is 888. The van der Waals surface area contributed by atoms with Gasteiger partial charge in [0.05, 0.1) is 0 Å². The van der Waals surface area contributed by atoms with E-state index in [-0.39, 0.29) is 18.1 Å². The summed E-state index contributed by atoms with van der Waals surface area (Å²) < 4.78 is 11.3. The zero-order valence-corrected chi connectivity index (χ0v) is 18.3. The van der Waals surface area contributed by atoms with Crippen molar-refractivity contribution in [2.24, 2.45) is 0 Å². The van der Waals surface area contributed by atoms with E-state index in [9.17, 15) is 5.11 Å². The highest BCUT2D eigenvalue weighted by Gasteiger charge is 2.28. The summed E-state index contributed by atoms with van der Waals surface area (Å²) in [5.74, 6) is 1.97. The molecule has 1 N–H and O–H groups in total. The van der Waals surface area contributed by atoms with Gasteiger partial charge in [-0.15, -0.1) is 0 Å². The third kappa shape index (κ3) is 5.43. The van der Waals surface area contributed by atoms with E-state index in [1.807, 2.05) is 38.1 Å². The molecule has 0 aromatic heterocycles. The van der Waals surface area contributed by atoms with E-state index < -0.39 is 0 Å². The fourth-order valence-corrected chi connectivity index (χ4v) is 4.19. The molecule has 0 heterocycles. The van der Waals surface area contributed by atoms with Gasteiger partial charge in [0.25, 0.3) is 0 Å². The van der Waals surface area contributed by atoms with Crippen LogP contribution in [-0.4, -0.2) is 18.0 Å². The molecule has 3 nitrogen and oxygen atoms in total. The van der Waals surface area contributed by atoms with Gasteiger partial charge in [0, 0.05) is 6.61 Å². The van der Waals surface area contributed by atoms with Crippen LogP contribution in [-0.2, 0) is 4.74 Å². The van der Waals surface area contributed by atoms with Crippen molar-refractivity contribution >= 4 is 0 Å². The van der Waals surface area contributed by atoms with Crippen LogP contribution in [0.2, 0.25) is 0 Å². The van der Waals surface area contributed by atoms with Crippen LogP contribution in [0.1, 0.15) is 62.1 Å². The predicted octanol–water partition coefficient (Wildman–Crippen LogP) is 6.84. The summed E-state index contributed by atoms with van der Waals surface area (Å²) in [6.07, 6.45) is -0.268. The molecule has 0 bridgehead atoms. The molecule has 0 aliphatic carbocycles. The van der Waals surface area contributed by atoms with E-state index in [4.69, 9.17) is 9.47 Å². The molecule has 0 aliphatic heterocycles. The Kier molecular flexibility index (Phi) is 7.53. The van der Waals surface area contributed by atoms with E-state index in [0.717, 1.165) is 5.75 Å². The first-order valence-corrected chi connectivity index (χ1v) is 10.7. The largest absolute Gasteiger partial charge is 0.508 e. The summed E-state index contributed by atoms with van der Waals surface area (Å²) in [7, 11) is 0. The molecule has 0 saturated heterocycles. The van der Waals surface area contributed by atoms with Crippen molar-refractivity contribution in [3.63, 3.8) is 0 Å². The van der Waals surface area contributed by atoms with E-state index in [2.05, 4.69) is 56.3 Å². The predicted molar refractivity (Wildman–Crippen MR) is 122 cm³/mol. The number of benzene rings is 3. The van der Waals surface area contributed by atoms with E-state index in [1.54, 1.807) is 12.1 Å². The monoisotopic (exact) mass is 404 g/mol. The number of hydrogen-bond acceptors (Lipinski definition) is 3. The van der Waals surface area contributed by atoms with Crippen molar-refractivity contribution in [3.05, 3.63) is 95.6 Å². The third-order valence-corrected chi connectivity index (χ3v) is 5.79. The summed E-state index contributed by atoms with van der Waals surface area (Å²) >= 11 is 0. The Morgan fingerprint density at radius 1 is 0.700 bits per heavy atom. The van der Waals surface area contributed by atoms with Crippen LogP contribution in [0.15, 0.2) is 78.9 Å². The van der Waals surface area contributed by atoms with E-state index in [0.29, 0.717) is 18.3 Å². The molecule has 0 radical (unpaired) electrons. The molecule has 3 aromatic rings. The molecular formula is C27H32O3. The molecule has 0 fully saturated rings. The minimum Gasteiger partial charge on any atom is -0.508 e. The SMILES string of the molecule is CCOC(C)Oc1ccc(C(C(C)c2ccccc2)C(C)c2ccc(O)cc2)cc1. The van der Waals surface area contributed by atoms with Crippen LogP contribution >= 0.6 is 0 Å². The van der Waals surface area contributed by atoms with Crippen LogP contribution in [0.5, 0.6) is 11.5 Å². The van der Waals surface area contributed by atoms with Gasteiger partial charge in [0.15, 0.2) is 6.29 Å². The van der Waals surface area contributed by atoms with Crippen molar-refractivity contribution < 1.29 is 14.6 Å². The molecule has 0 aliphatic rings. The Balaban J connectivity index is 1.91. The van der Waals surface area contributed by atoms with E-state index in [1.165, 1.54) is 16.7 Å². The molecule has 3 rings (SSSR count). The molecule has 4 atom stereocenters. The minimum atomic E-state index is -0.268. The fraction of sp³-hybridized carbons (Fsp3) is 0.333. The van der Waals surface area contributed by atoms with Crippen LogP contribution in [0.25, 0.3) is 0 Å². The Morgan fingerprint density at radius 3 is 1.80 bits per heavy atom. The smallest absolute Gasteiger partial charge is 0.196 e. The van der Waals surface area contributed by atoms with E-state index >= 15 is 0 Å². The van der Waals surface area contributed by atoms with Crippen molar-refractivity contribution in [3.8, 4) is 11.5 Å². The number of hydrogen-bond donors (Lipinski definition) is 1. The maximum Gasteiger partial charge on any atom is 0.196 e. The van der Waals surface area contributed by atoms with Crippen LogP contribution in [0.4, 0.5) is 0 Å². The van der Waals surface area contributed by atoms with Crippen LogP contribution in [0.3, 0.4) is 0 Å². The molecule has 3 heteroatoms. The zero-order chi connectivity index (χ0) is 21.5. The van der Waals surface area contributed by atoms with Gasteiger partial charge in [0.1, 0.15) is 11.5 Å². The molecule has 0 saturated carbocycles. The van der Waals surface area contributed by atoms with Crippen LogP contribution < -0.4 is 4.74 Å². The molecule has 158 valence electrons. The molecule has 0 amide bonds. The standard InChI is InChI=1S/C27H32O3/c1-5-29-21(4)30-26-17-13-24(14-18-26)27(19(2)22-9-7-6-8-10-22)20(3)23-11-15-25(28)16-12-23/h6-21,27-28H,5H2,1-4H3. The second-order valence-electron chi connectivity index (χ2n) is 7.82. The summed E-state index contributed by atoms with van der Waals surface area (Å²) in [6, 6.07) is 26.6. The minimum absolute atomic E-state index is 0.268. The van der Waals surface area contributed by atoms with Gasteiger partial charge in [-0.1, -0.05) is 68.4 Å². The Hall–Kier alpha value is -2.78. The summed E-state index contributed by atoms with van der Waals surface area (Å²) in [4.78, 5) is 0. The third-order valence-electron chi connectivity index (χ3n) is 5.79. The number of rotatable bonds is 9. The van der Waals surface area contributed by atoms with Gasteiger partial charge in [-0.3, -0.25) is 0 Å². The second-order valence-corrected chi connectivity index (χ2v) is 7.82. The quantitative estimate of drug-likeness (QED) is 0.397. The first kappa shape index (κ1) is 21.9. The lowest BCUT2D eigenvalue weighted by molar-refractivity contribution is -0.0613. The normalized spacial score (nSPS) is 15.2. The maximum absolute atomic E-state index is 9.70. The number of phenols is 1. The van der Waals surface area contributed by atoms with Gasteiger partial charge < -0.3 is 14.6 Å². The number of ether oxygens (including phenoxy) is 2. The first-order valence-electron chi connectivity index (χ1n) is 10.7. The topological polar surface area (TPSA) is 38.7 Å². The first-order chi connectivity index (χ1) is 14.5.